The van der Waals surface area contributed by atoms with Gasteiger partial charge in [0.2, 0.25) is 0 Å². The number of benzene rings is 2. The molecule has 2 aromatic carbocycles. The molecule has 1 heterocycles. The molecule has 0 N–H and O–H groups in total. The van der Waals surface area contributed by atoms with E-state index < -0.39 is 52.4 Å². The fourth-order valence-electron chi connectivity index (χ4n) is 6.38. The molecule has 268 valence electrons. The highest BCUT2D eigenvalue weighted by atomic mass is 28.4. The van der Waals surface area contributed by atoms with Crippen molar-refractivity contribution in [1.29, 1.82) is 0 Å². The summed E-state index contributed by atoms with van der Waals surface area (Å²) in [6.45, 7) is 24.2. The van der Waals surface area contributed by atoms with E-state index in [9.17, 15) is 19.2 Å². The minimum atomic E-state index is -2.38. The number of esters is 1. The third kappa shape index (κ3) is 9.24. The minimum Gasteiger partial charge on any atom is -0.457 e. The SMILES string of the molecule is CC(C)[Si](OC[C@H](CCO[Si](C)(C)C(C)(C)C)n1cc(COC(=O)c2ccccc2)c(=O)n(C(=O)c2ccccc2)c1=O)(C(C)C)C(C)C. The summed E-state index contributed by atoms with van der Waals surface area (Å²) in [6, 6.07) is 16.1. The Morgan fingerprint density at radius 2 is 1.29 bits per heavy atom. The van der Waals surface area contributed by atoms with E-state index in [0.717, 1.165) is 0 Å². The quantitative estimate of drug-likeness (QED) is 0.116. The zero-order valence-electron chi connectivity index (χ0n) is 31.2. The second kappa shape index (κ2) is 16.5. The van der Waals surface area contributed by atoms with E-state index in [1.54, 1.807) is 60.7 Å². The normalized spacial score (nSPS) is 13.3. The van der Waals surface area contributed by atoms with Gasteiger partial charge in [-0.15, -0.1) is 0 Å². The zero-order chi connectivity index (χ0) is 36.7. The summed E-state index contributed by atoms with van der Waals surface area (Å²) in [4.78, 5) is 54.9. The zero-order valence-corrected chi connectivity index (χ0v) is 33.2. The van der Waals surface area contributed by atoms with E-state index >= 15 is 0 Å². The first-order chi connectivity index (χ1) is 22.8. The maximum Gasteiger partial charge on any atom is 0.338 e. The van der Waals surface area contributed by atoms with Gasteiger partial charge in [-0.2, -0.15) is 4.57 Å². The number of carbonyl (C=O) groups excluding carboxylic acids is 2. The number of rotatable bonds is 15. The summed E-state index contributed by atoms with van der Waals surface area (Å²) >= 11 is 0. The highest BCUT2D eigenvalue weighted by Crippen LogP contribution is 2.43. The van der Waals surface area contributed by atoms with Gasteiger partial charge in [-0.05, 0) is 65.4 Å². The molecular weight excluding hydrogens is 653 g/mol. The van der Waals surface area contributed by atoms with Crippen LogP contribution in [0.25, 0.3) is 0 Å². The van der Waals surface area contributed by atoms with Crippen LogP contribution < -0.4 is 11.2 Å². The van der Waals surface area contributed by atoms with Gasteiger partial charge in [-0.1, -0.05) is 98.7 Å². The maximum atomic E-state index is 14.3. The lowest BCUT2D eigenvalue weighted by Gasteiger charge is -2.43. The summed E-state index contributed by atoms with van der Waals surface area (Å²) in [5.74, 6) is -1.38. The van der Waals surface area contributed by atoms with Crippen molar-refractivity contribution in [3.05, 3.63) is 104 Å². The lowest BCUT2D eigenvalue weighted by Crippen LogP contribution is -2.50. The molecule has 3 rings (SSSR count). The van der Waals surface area contributed by atoms with Crippen LogP contribution in [0.3, 0.4) is 0 Å². The molecule has 49 heavy (non-hydrogen) atoms. The van der Waals surface area contributed by atoms with Gasteiger partial charge in [-0.25, -0.2) is 9.59 Å². The summed E-state index contributed by atoms with van der Waals surface area (Å²) < 4.78 is 21.2. The molecule has 11 heteroatoms. The number of hydrogen-bond donors (Lipinski definition) is 0. The Bertz CT molecular complexity index is 1650. The first-order valence-corrected chi connectivity index (χ1v) is 22.4. The molecule has 9 nitrogen and oxygen atoms in total. The molecule has 0 spiro atoms. The molecule has 0 bridgehead atoms. The van der Waals surface area contributed by atoms with E-state index in [1.165, 1.54) is 10.8 Å². The van der Waals surface area contributed by atoms with Crippen LogP contribution >= 0.6 is 0 Å². The molecule has 0 saturated carbocycles. The van der Waals surface area contributed by atoms with Crippen molar-refractivity contribution in [1.82, 2.24) is 9.13 Å². The number of ether oxygens (including phenoxy) is 1. The topological polar surface area (TPSA) is 106 Å². The molecule has 0 aliphatic rings. The molecule has 0 aliphatic carbocycles. The van der Waals surface area contributed by atoms with E-state index in [4.69, 9.17) is 13.6 Å². The van der Waals surface area contributed by atoms with Gasteiger partial charge in [0, 0.05) is 18.4 Å². The number of nitrogens with zero attached hydrogens (tertiary/aromatic N) is 2. The van der Waals surface area contributed by atoms with Crippen LogP contribution in [0, 0.1) is 0 Å². The Morgan fingerprint density at radius 1 is 0.776 bits per heavy atom. The number of carbonyl (C=O) groups is 2. The lowest BCUT2D eigenvalue weighted by atomic mass is 10.2. The second-order valence-electron chi connectivity index (χ2n) is 15.3. The van der Waals surface area contributed by atoms with Crippen molar-refractivity contribution < 1.29 is 23.2 Å². The van der Waals surface area contributed by atoms with Crippen molar-refractivity contribution in [2.45, 2.75) is 116 Å². The van der Waals surface area contributed by atoms with Gasteiger partial charge in [0.05, 0.1) is 23.8 Å². The molecule has 1 aromatic heterocycles. The molecule has 0 amide bonds. The van der Waals surface area contributed by atoms with Crippen molar-refractivity contribution in [3.8, 4) is 0 Å². The fraction of sp³-hybridized carbons (Fsp3) is 0.526. The smallest absolute Gasteiger partial charge is 0.338 e. The summed E-state index contributed by atoms with van der Waals surface area (Å²) in [5, 5.41) is -0.0179. The molecule has 0 fully saturated rings. The van der Waals surface area contributed by atoms with Crippen LogP contribution in [0.4, 0.5) is 0 Å². The van der Waals surface area contributed by atoms with Crippen molar-refractivity contribution >= 4 is 28.5 Å². The standard InChI is InChI=1S/C38H56N2O7Si2/c1-27(2)49(28(3)4,29(5)6)47-26-33(22-23-46-48(10,11)38(7,8)9)39-24-32(25-45-36(43)31-20-16-13-17-21-31)35(42)40(37(39)44)34(41)30-18-14-12-15-19-30/h12-21,24,27-29,33H,22-23,25-26H2,1-11H3/t33-/m0/s1. The monoisotopic (exact) mass is 708 g/mol. The van der Waals surface area contributed by atoms with Crippen LogP contribution in [-0.4, -0.2) is 50.9 Å². The maximum absolute atomic E-state index is 14.3. The Hall–Kier alpha value is -3.39. The van der Waals surface area contributed by atoms with Gasteiger partial charge in [-0.3, -0.25) is 14.2 Å². The third-order valence-corrected chi connectivity index (χ3v) is 20.7. The number of hydrogen-bond acceptors (Lipinski definition) is 7. The van der Waals surface area contributed by atoms with Crippen LogP contribution in [0.5, 0.6) is 0 Å². The van der Waals surface area contributed by atoms with Crippen LogP contribution in [0.15, 0.2) is 76.4 Å². The first kappa shape index (κ1) is 40.0. The van der Waals surface area contributed by atoms with E-state index in [2.05, 4.69) is 75.4 Å². The third-order valence-electron chi connectivity index (χ3n) is 10.1. The molecule has 0 aliphatic heterocycles. The Balaban J connectivity index is 2.18. The fourth-order valence-corrected chi connectivity index (χ4v) is 12.9. The number of aromatic nitrogens is 2. The average molecular weight is 709 g/mol. The van der Waals surface area contributed by atoms with Gasteiger partial charge in [0.25, 0.3) is 11.5 Å². The Morgan fingerprint density at radius 3 is 1.78 bits per heavy atom. The molecule has 1 atom stereocenters. The van der Waals surface area contributed by atoms with Crippen LogP contribution in [0.1, 0.15) is 101 Å². The molecule has 0 radical (unpaired) electrons. The summed E-state index contributed by atoms with van der Waals surface area (Å²) in [5.41, 5.74) is -0.190. The van der Waals surface area contributed by atoms with E-state index in [1.807, 2.05) is 0 Å². The van der Waals surface area contributed by atoms with Gasteiger partial charge in [0.1, 0.15) is 6.61 Å². The highest BCUT2D eigenvalue weighted by Gasteiger charge is 2.45. The summed E-state index contributed by atoms with van der Waals surface area (Å²) in [7, 11) is -4.51. The lowest BCUT2D eigenvalue weighted by molar-refractivity contribution is 0.0469. The highest BCUT2D eigenvalue weighted by molar-refractivity contribution is 6.77. The first-order valence-electron chi connectivity index (χ1n) is 17.3. The van der Waals surface area contributed by atoms with Crippen LogP contribution in [0.2, 0.25) is 34.8 Å². The van der Waals surface area contributed by atoms with E-state index in [-0.39, 0.29) is 22.8 Å². The summed E-state index contributed by atoms with van der Waals surface area (Å²) in [6.07, 6.45) is 1.84. The Labute approximate surface area is 293 Å². The van der Waals surface area contributed by atoms with Gasteiger partial charge < -0.3 is 13.6 Å². The second-order valence-corrected chi connectivity index (χ2v) is 25.5. The molecule has 0 saturated heterocycles. The van der Waals surface area contributed by atoms with Gasteiger partial charge >= 0.3 is 11.7 Å². The minimum absolute atomic E-state index is 0.00330. The molecular formula is C38H56N2O7Si2. The van der Waals surface area contributed by atoms with Crippen molar-refractivity contribution in [2.24, 2.45) is 0 Å². The Kier molecular flexibility index (Phi) is 13.5. The van der Waals surface area contributed by atoms with Crippen molar-refractivity contribution in [3.63, 3.8) is 0 Å². The van der Waals surface area contributed by atoms with E-state index in [0.29, 0.717) is 39.8 Å². The predicted molar refractivity (Wildman–Crippen MR) is 200 cm³/mol. The predicted octanol–water partition coefficient (Wildman–Crippen LogP) is 8.20. The largest absolute Gasteiger partial charge is 0.457 e. The molecule has 0 unspecified atom stereocenters. The molecule has 3 aromatic rings. The van der Waals surface area contributed by atoms with Gasteiger partial charge in [0.15, 0.2) is 16.6 Å². The average Bonchev–Trinajstić information content (AvgIpc) is 3.03. The van der Waals surface area contributed by atoms with Crippen LogP contribution in [-0.2, 0) is 20.2 Å². The van der Waals surface area contributed by atoms with Crippen molar-refractivity contribution in [2.75, 3.05) is 13.2 Å².